The van der Waals surface area contributed by atoms with Gasteiger partial charge in [-0.3, -0.25) is 9.59 Å². The van der Waals surface area contributed by atoms with Crippen LogP contribution in [-0.4, -0.2) is 107 Å². The molecule has 0 saturated carbocycles. The summed E-state index contributed by atoms with van der Waals surface area (Å²) in [7, 11) is 0. The largest absolute Gasteiger partial charge is 0.481 e. The Kier molecular flexibility index (Phi) is 22.0. The molecule has 4 atom stereocenters. The summed E-state index contributed by atoms with van der Waals surface area (Å²) in [6.45, 7) is -0.760. The average Bonchev–Trinajstić information content (AvgIpc) is 2.50. The monoisotopic (exact) mass is 423 g/mol. The topological polar surface area (TPSA) is 355 Å². The quantitative estimate of drug-likeness (QED) is 0.148. The Morgan fingerprint density at radius 3 is 1.39 bits per heavy atom. The van der Waals surface area contributed by atoms with Gasteiger partial charge in [0.25, 0.3) is 0 Å². The van der Waals surface area contributed by atoms with Crippen molar-refractivity contribution in [2.45, 2.75) is 42.9 Å². The van der Waals surface area contributed by atoms with E-state index in [4.69, 9.17) is 46.0 Å². The Morgan fingerprint density at radius 1 is 0.821 bits per heavy atom. The summed E-state index contributed by atoms with van der Waals surface area (Å²) in [4.78, 5) is 40.4. The highest BCUT2D eigenvalue weighted by Gasteiger charge is 2.40. The molecule has 0 amide bonds. The summed E-state index contributed by atoms with van der Waals surface area (Å²) in [6, 6.07) is 0. The van der Waals surface area contributed by atoms with Gasteiger partial charge in [-0.05, 0) is 0 Å². The molecule has 28 heavy (non-hydrogen) atoms. The van der Waals surface area contributed by atoms with Crippen LogP contribution in [0.25, 0.3) is 0 Å². The molecule has 170 valence electrons. The molecular formula is C12H29N3O13. The molecule has 0 heterocycles. The second-order valence-electron chi connectivity index (χ2n) is 4.84. The molecule has 16 heteroatoms. The zero-order chi connectivity index (χ0) is 20.4. The van der Waals surface area contributed by atoms with E-state index in [9.17, 15) is 19.2 Å². The van der Waals surface area contributed by atoms with E-state index in [0.717, 1.165) is 0 Å². The van der Waals surface area contributed by atoms with Gasteiger partial charge >= 0.3 is 17.9 Å². The van der Waals surface area contributed by atoms with Crippen LogP contribution in [0.3, 0.4) is 0 Å². The van der Waals surface area contributed by atoms with Crippen LogP contribution < -0.4 is 18.5 Å². The zero-order valence-corrected chi connectivity index (χ0v) is 14.8. The number of aldehydes is 1. The van der Waals surface area contributed by atoms with Crippen molar-refractivity contribution in [3.63, 3.8) is 0 Å². The molecule has 0 aromatic heterocycles. The minimum atomic E-state index is -2.74. The van der Waals surface area contributed by atoms with Crippen molar-refractivity contribution in [1.82, 2.24) is 18.5 Å². The van der Waals surface area contributed by atoms with Gasteiger partial charge in [0.05, 0.1) is 19.4 Å². The maximum absolute atomic E-state index is 10.3. The second-order valence-corrected chi connectivity index (χ2v) is 4.84. The molecule has 0 spiro atoms. The van der Waals surface area contributed by atoms with Gasteiger partial charge in [0.15, 0.2) is 11.9 Å². The Labute approximate surface area is 158 Å². The summed E-state index contributed by atoms with van der Waals surface area (Å²) in [6.07, 6.45) is -9.13. The van der Waals surface area contributed by atoms with Crippen LogP contribution in [0.4, 0.5) is 0 Å². The number of rotatable bonds is 10. The second kappa shape index (κ2) is 16.9. The lowest BCUT2D eigenvalue weighted by Crippen LogP contribution is -2.46. The summed E-state index contributed by atoms with van der Waals surface area (Å²) in [5, 5.41) is 77.3. The number of aliphatic carboxylic acids is 3. The van der Waals surface area contributed by atoms with Gasteiger partial charge in [0, 0.05) is 0 Å². The molecular weight excluding hydrogens is 394 g/mol. The highest BCUT2D eigenvalue weighted by Crippen LogP contribution is 2.15. The van der Waals surface area contributed by atoms with Crippen LogP contribution in [0.1, 0.15) is 12.8 Å². The van der Waals surface area contributed by atoms with Crippen molar-refractivity contribution in [2.24, 2.45) is 0 Å². The van der Waals surface area contributed by atoms with E-state index in [2.05, 4.69) is 0 Å². The van der Waals surface area contributed by atoms with Crippen LogP contribution in [-0.2, 0) is 19.2 Å². The minimum absolute atomic E-state index is 0. The van der Waals surface area contributed by atoms with Crippen molar-refractivity contribution < 1.29 is 65.1 Å². The lowest BCUT2D eigenvalue weighted by molar-refractivity contribution is -0.170. The molecule has 0 saturated heterocycles. The normalized spacial score (nSPS) is 14.1. The predicted molar refractivity (Wildman–Crippen MR) is 89.3 cm³/mol. The zero-order valence-electron chi connectivity index (χ0n) is 14.8. The van der Waals surface area contributed by atoms with Gasteiger partial charge in [0.2, 0.25) is 0 Å². The summed E-state index contributed by atoms with van der Waals surface area (Å²) in [5.41, 5.74) is -2.74. The number of hydrogen-bond donors (Lipinski definition) is 12. The number of carboxylic acids is 3. The first-order chi connectivity index (χ1) is 11.3. The summed E-state index contributed by atoms with van der Waals surface area (Å²) < 4.78 is 0. The Bertz CT molecular complexity index is 460. The number of carbonyl (C=O) groups is 4. The SMILES string of the molecule is N.N.N.O=C(O)CC(O)(CC(=O)O)C(=O)O.O=C[C@H](O)[C@@H](O)[C@H](O)[C@H](O)CO. The first kappa shape index (κ1) is 36.6. The number of aliphatic hydroxyl groups is 6. The molecule has 0 radical (unpaired) electrons. The van der Waals surface area contributed by atoms with Crippen LogP contribution >= 0.6 is 0 Å². The molecule has 0 rings (SSSR count). The van der Waals surface area contributed by atoms with Gasteiger partial charge in [0.1, 0.15) is 24.4 Å². The third kappa shape index (κ3) is 13.9. The number of carboxylic acid groups (broad SMARTS) is 3. The highest BCUT2D eigenvalue weighted by molar-refractivity contribution is 5.88. The molecule has 0 fully saturated rings. The van der Waals surface area contributed by atoms with E-state index >= 15 is 0 Å². The molecule has 16 nitrogen and oxygen atoms in total. The average molecular weight is 423 g/mol. The third-order valence-electron chi connectivity index (χ3n) is 2.71. The number of carbonyl (C=O) groups excluding carboxylic acids is 1. The lowest BCUT2D eigenvalue weighted by atomic mass is 9.96. The van der Waals surface area contributed by atoms with E-state index in [1.807, 2.05) is 0 Å². The van der Waals surface area contributed by atoms with Crippen molar-refractivity contribution in [3.8, 4) is 0 Å². The van der Waals surface area contributed by atoms with Crippen LogP contribution in [0.15, 0.2) is 0 Å². The smallest absolute Gasteiger partial charge is 0.336 e. The van der Waals surface area contributed by atoms with Gasteiger partial charge < -0.3 is 69.2 Å². The van der Waals surface area contributed by atoms with Crippen molar-refractivity contribution in [3.05, 3.63) is 0 Å². The van der Waals surface area contributed by atoms with Crippen LogP contribution in [0, 0.1) is 0 Å². The summed E-state index contributed by atoms with van der Waals surface area (Å²) >= 11 is 0. The van der Waals surface area contributed by atoms with Gasteiger partial charge in [-0.2, -0.15) is 0 Å². The van der Waals surface area contributed by atoms with E-state index in [0.29, 0.717) is 0 Å². The molecule has 0 aliphatic heterocycles. The number of hydrogen-bond acceptors (Lipinski definition) is 13. The maximum Gasteiger partial charge on any atom is 0.336 e. The fraction of sp³-hybridized carbons (Fsp3) is 0.667. The fourth-order valence-electron chi connectivity index (χ4n) is 1.33. The predicted octanol–water partition coefficient (Wildman–Crippen LogP) is -4.14. The van der Waals surface area contributed by atoms with Crippen molar-refractivity contribution in [2.75, 3.05) is 6.61 Å². The summed E-state index contributed by atoms with van der Waals surface area (Å²) in [5.74, 6) is -5.02. The maximum atomic E-state index is 10.3. The highest BCUT2D eigenvalue weighted by atomic mass is 16.4. The molecule has 0 bridgehead atoms. The van der Waals surface area contributed by atoms with Crippen LogP contribution in [0.5, 0.6) is 0 Å². The van der Waals surface area contributed by atoms with Crippen molar-refractivity contribution >= 4 is 24.2 Å². The Balaban J connectivity index is -0.000000114. The fourth-order valence-corrected chi connectivity index (χ4v) is 1.33. The molecule has 0 aliphatic carbocycles. The van der Waals surface area contributed by atoms with E-state index < -0.39 is 67.4 Å². The minimum Gasteiger partial charge on any atom is -0.481 e. The molecule has 0 aromatic rings. The van der Waals surface area contributed by atoms with E-state index in [-0.39, 0.29) is 24.7 Å². The number of aliphatic hydroxyl groups excluding tert-OH is 5. The molecule has 0 unspecified atom stereocenters. The first-order valence-corrected chi connectivity index (χ1v) is 6.50. The van der Waals surface area contributed by atoms with E-state index in [1.165, 1.54) is 0 Å². The first-order valence-electron chi connectivity index (χ1n) is 6.50. The Hall–Kier alpha value is -2.28. The molecule has 18 N–H and O–H groups in total. The lowest BCUT2D eigenvalue weighted by Gasteiger charge is -2.22. The Morgan fingerprint density at radius 2 is 1.18 bits per heavy atom. The van der Waals surface area contributed by atoms with Gasteiger partial charge in [-0.1, -0.05) is 0 Å². The van der Waals surface area contributed by atoms with Crippen LogP contribution in [0.2, 0.25) is 0 Å². The van der Waals surface area contributed by atoms with Gasteiger partial charge in [-0.15, -0.1) is 0 Å². The van der Waals surface area contributed by atoms with Crippen molar-refractivity contribution in [1.29, 1.82) is 0 Å². The van der Waals surface area contributed by atoms with E-state index in [1.54, 1.807) is 0 Å². The molecule has 0 aromatic carbocycles. The standard InChI is InChI=1S/C6H8O7.C6H12O6.3H3N/c7-3(8)1-6(13,5(11)12)2-4(9)10;7-1-3(9)5(11)6(12)4(10)2-8;;;/h13H,1-2H2,(H,7,8)(H,9,10)(H,11,12);1,3-6,8-12H,2H2;3*1H3/t;3-,4+,5+,6+;;;/m.0.../s1. The van der Waals surface area contributed by atoms with Gasteiger partial charge in [-0.25, -0.2) is 4.79 Å². The molecule has 0 aliphatic rings. The third-order valence-corrected chi connectivity index (χ3v) is 2.71.